The Bertz CT molecular complexity index is 1270. The van der Waals surface area contributed by atoms with Gasteiger partial charge in [-0.2, -0.15) is 0 Å². The second-order valence-corrected chi connectivity index (χ2v) is 7.22. The third kappa shape index (κ3) is 4.64. The molecule has 2 amide bonds. The van der Waals surface area contributed by atoms with Gasteiger partial charge in [0.2, 0.25) is 5.91 Å². The van der Waals surface area contributed by atoms with Crippen molar-refractivity contribution >= 4 is 22.7 Å². The molecule has 2 aromatic heterocycles. The van der Waals surface area contributed by atoms with Gasteiger partial charge in [-0.15, -0.1) is 0 Å². The van der Waals surface area contributed by atoms with Gasteiger partial charge < -0.3 is 4.98 Å². The quantitative estimate of drug-likeness (QED) is 0.396. The van der Waals surface area contributed by atoms with Crippen molar-refractivity contribution in [1.29, 1.82) is 0 Å². The molecule has 0 saturated carbocycles. The minimum absolute atomic E-state index is 0.112. The number of hydrazine groups is 1. The van der Waals surface area contributed by atoms with E-state index in [1.165, 1.54) is 36.4 Å². The fraction of sp³-hybridized carbons (Fsp3) is 0.125. The third-order valence-electron chi connectivity index (χ3n) is 5.05. The molecule has 0 atom stereocenters. The van der Waals surface area contributed by atoms with E-state index in [0.29, 0.717) is 12.8 Å². The summed E-state index contributed by atoms with van der Waals surface area (Å²) in [4.78, 5) is 31.8. The van der Waals surface area contributed by atoms with Crippen LogP contribution in [0.5, 0.6) is 0 Å². The summed E-state index contributed by atoms with van der Waals surface area (Å²) in [6.45, 7) is 0. The molecule has 0 saturated heterocycles. The molecule has 162 valence electrons. The van der Waals surface area contributed by atoms with E-state index in [1.54, 1.807) is 12.3 Å². The van der Waals surface area contributed by atoms with Gasteiger partial charge in [0.1, 0.15) is 11.6 Å². The lowest BCUT2D eigenvalue weighted by molar-refractivity contribution is -0.121. The number of pyridine rings is 1. The van der Waals surface area contributed by atoms with E-state index in [2.05, 4.69) is 20.8 Å². The molecule has 0 aliphatic rings. The van der Waals surface area contributed by atoms with Gasteiger partial charge in [-0.1, -0.05) is 18.2 Å². The van der Waals surface area contributed by atoms with E-state index in [9.17, 15) is 18.4 Å². The first-order chi connectivity index (χ1) is 15.5. The predicted octanol–water partition coefficient (Wildman–Crippen LogP) is 4.29. The fourth-order valence-electron chi connectivity index (χ4n) is 3.54. The first kappa shape index (κ1) is 21.2. The summed E-state index contributed by atoms with van der Waals surface area (Å²) in [5.41, 5.74) is 7.49. The van der Waals surface area contributed by atoms with Crippen LogP contribution in [0, 0.1) is 11.6 Å². The minimum atomic E-state index is -0.735. The number of hydrogen-bond acceptors (Lipinski definition) is 3. The van der Waals surface area contributed by atoms with E-state index < -0.39 is 17.6 Å². The van der Waals surface area contributed by atoms with Gasteiger partial charge in [0.05, 0.1) is 17.0 Å². The number of halogens is 2. The zero-order valence-electron chi connectivity index (χ0n) is 17.0. The molecule has 2 aromatic carbocycles. The van der Waals surface area contributed by atoms with Crippen LogP contribution >= 0.6 is 0 Å². The van der Waals surface area contributed by atoms with Crippen LogP contribution < -0.4 is 10.9 Å². The van der Waals surface area contributed by atoms with Gasteiger partial charge in [-0.3, -0.25) is 25.4 Å². The number of nitrogens with zero attached hydrogens (tertiary/aromatic N) is 1. The Hall–Kier alpha value is -4.07. The number of carbonyl (C=O) groups is 2. The lowest BCUT2D eigenvalue weighted by atomic mass is 10.0. The van der Waals surface area contributed by atoms with Gasteiger partial charge in [-0.05, 0) is 60.9 Å². The molecular weight excluding hydrogens is 414 g/mol. The average molecular weight is 434 g/mol. The topological polar surface area (TPSA) is 86.9 Å². The van der Waals surface area contributed by atoms with Crippen LogP contribution in [-0.4, -0.2) is 21.8 Å². The highest BCUT2D eigenvalue weighted by Crippen LogP contribution is 2.31. The summed E-state index contributed by atoms with van der Waals surface area (Å²) in [6.07, 6.45) is 2.73. The van der Waals surface area contributed by atoms with E-state index in [-0.39, 0.29) is 17.8 Å². The number of H-pyrrole nitrogens is 1. The van der Waals surface area contributed by atoms with E-state index in [1.807, 2.05) is 18.2 Å². The summed E-state index contributed by atoms with van der Waals surface area (Å²) in [7, 11) is 0. The van der Waals surface area contributed by atoms with Gasteiger partial charge in [0.25, 0.3) is 5.91 Å². The standard InChI is InChI=1S/C24H20F2N4O2/c25-15-11-12-20-18(14-15)16(23(28-20)21-9-3-4-13-27-21)7-5-10-22(31)29-30-24(32)17-6-1-2-8-19(17)26/h1-4,6,8-9,11-14,28H,5,7,10H2,(H,29,31)(H,30,32). The van der Waals surface area contributed by atoms with Crippen LogP contribution in [0.1, 0.15) is 28.8 Å². The normalized spacial score (nSPS) is 10.8. The van der Waals surface area contributed by atoms with Crippen molar-refractivity contribution in [3.8, 4) is 11.4 Å². The summed E-state index contributed by atoms with van der Waals surface area (Å²) < 4.78 is 27.5. The zero-order valence-corrected chi connectivity index (χ0v) is 17.0. The van der Waals surface area contributed by atoms with Crippen LogP contribution in [0.2, 0.25) is 0 Å². The molecule has 3 N–H and O–H groups in total. The van der Waals surface area contributed by atoms with Gasteiger partial charge in [0.15, 0.2) is 0 Å². The van der Waals surface area contributed by atoms with Crippen LogP contribution in [0.25, 0.3) is 22.3 Å². The number of nitrogens with one attached hydrogen (secondary N) is 3. The highest BCUT2D eigenvalue weighted by Gasteiger charge is 2.16. The molecule has 8 heteroatoms. The molecular formula is C24H20F2N4O2. The van der Waals surface area contributed by atoms with Gasteiger partial charge in [0, 0.05) is 23.5 Å². The monoisotopic (exact) mass is 434 g/mol. The Balaban J connectivity index is 1.42. The molecule has 0 fully saturated rings. The predicted molar refractivity (Wildman–Crippen MR) is 116 cm³/mol. The number of aromatic nitrogens is 2. The summed E-state index contributed by atoms with van der Waals surface area (Å²) in [5.74, 6) is -2.17. The highest BCUT2D eigenvalue weighted by atomic mass is 19.1. The molecule has 0 spiro atoms. The fourth-order valence-corrected chi connectivity index (χ4v) is 3.54. The first-order valence-corrected chi connectivity index (χ1v) is 10.1. The number of aryl methyl sites for hydroxylation is 1. The van der Waals surface area contributed by atoms with Gasteiger partial charge >= 0.3 is 0 Å². The van der Waals surface area contributed by atoms with Crippen LogP contribution in [0.4, 0.5) is 8.78 Å². The van der Waals surface area contributed by atoms with Crippen molar-refractivity contribution in [2.45, 2.75) is 19.3 Å². The Labute approximate surface area is 182 Å². The largest absolute Gasteiger partial charge is 0.353 e. The molecule has 2 heterocycles. The highest BCUT2D eigenvalue weighted by molar-refractivity contribution is 5.95. The third-order valence-corrected chi connectivity index (χ3v) is 5.05. The summed E-state index contributed by atoms with van der Waals surface area (Å²) >= 11 is 0. The maximum Gasteiger partial charge on any atom is 0.272 e. The molecule has 4 aromatic rings. The average Bonchev–Trinajstić information content (AvgIpc) is 3.16. The number of amides is 2. The Morgan fingerprint density at radius 3 is 2.56 bits per heavy atom. The summed E-state index contributed by atoms with van der Waals surface area (Å²) in [5, 5.41) is 0.735. The SMILES string of the molecule is O=C(CCCc1c(-c2ccccn2)[nH]c2ccc(F)cc12)NNC(=O)c1ccccc1F. The number of aromatic amines is 1. The van der Waals surface area contributed by atoms with Crippen LogP contribution in [-0.2, 0) is 11.2 Å². The number of rotatable bonds is 6. The Morgan fingerprint density at radius 1 is 0.969 bits per heavy atom. The van der Waals surface area contributed by atoms with E-state index in [4.69, 9.17) is 0 Å². The first-order valence-electron chi connectivity index (χ1n) is 10.1. The minimum Gasteiger partial charge on any atom is -0.353 e. The number of carbonyl (C=O) groups excluding carboxylic acids is 2. The smallest absolute Gasteiger partial charge is 0.272 e. The number of benzene rings is 2. The van der Waals surface area contributed by atoms with Crippen LogP contribution in [0.15, 0.2) is 66.9 Å². The van der Waals surface area contributed by atoms with Crippen molar-refractivity contribution in [3.63, 3.8) is 0 Å². The van der Waals surface area contributed by atoms with Crippen molar-refractivity contribution in [1.82, 2.24) is 20.8 Å². The summed E-state index contributed by atoms with van der Waals surface area (Å²) in [6, 6.07) is 15.5. The lowest BCUT2D eigenvalue weighted by Gasteiger charge is -2.08. The molecule has 0 radical (unpaired) electrons. The molecule has 0 aliphatic carbocycles. The van der Waals surface area contributed by atoms with Crippen molar-refractivity contribution in [2.75, 3.05) is 0 Å². The molecule has 6 nitrogen and oxygen atoms in total. The Kier molecular flexibility index (Phi) is 6.21. The number of hydrogen-bond donors (Lipinski definition) is 3. The van der Waals surface area contributed by atoms with Crippen molar-refractivity contribution in [2.24, 2.45) is 0 Å². The van der Waals surface area contributed by atoms with E-state index >= 15 is 0 Å². The molecule has 0 aliphatic heterocycles. The maximum atomic E-state index is 13.9. The van der Waals surface area contributed by atoms with Crippen molar-refractivity contribution < 1.29 is 18.4 Å². The maximum absolute atomic E-state index is 13.9. The second-order valence-electron chi connectivity index (χ2n) is 7.22. The molecule has 0 unspecified atom stereocenters. The lowest BCUT2D eigenvalue weighted by Crippen LogP contribution is -2.41. The second kappa shape index (κ2) is 9.38. The van der Waals surface area contributed by atoms with Crippen LogP contribution in [0.3, 0.4) is 0 Å². The van der Waals surface area contributed by atoms with E-state index in [0.717, 1.165) is 27.9 Å². The Morgan fingerprint density at radius 2 is 1.78 bits per heavy atom. The number of fused-ring (bicyclic) bond motifs is 1. The molecule has 0 bridgehead atoms. The molecule has 4 rings (SSSR count). The van der Waals surface area contributed by atoms with Gasteiger partial charge in [-0.25, -0.2) is 8.78 Å². The van der Waals surface area contributed by atoms with Crippen molar-refractivity contribution in [3.05, 3.63) is 89.6 Å². The zero-order chi connectivity index (χ0) is 22.5. The molecule has 32 heavy (non-hydrogen) atoms.